The minimum absolute atomic E-state index is 0.110. The van der Waals surface area contributed by atoms with Crippen molar-refractivity contribution < 1.29 is 4.79 Å². The minimum atomic E-state index is 0.110. The van der Waals surface area contributed by atoms with Gasteiger partial charge in [0.25, 0.3) is 0 Å². The fourth-order valence-electron chi connectivity index (χ4n) is 2.53. The van der Waals surface area contributed by atoms with Gasteiger partial charge in [-0.3, -0.25) is 4.79 Å². The summed E-state index contributed by atoms with van der Waals surface area (Å²) in [6, 6.07) is 10.4. The highest BCUT2D eigenvalue weighted by atomic mass is 16.1. The Hall–Kier alpha value is -2.03. The van der Waals surface area contributed by atoms with Crippen molar-refractivity contribution in [3.8, 4) is 0 Å². The Kier molecular flexibility index (Phi) is 4.84. The van der Waals surface area contributed by atoms with Crippen molar-refractivity contribution in [2.45, 2.75) is 40.2 Å². The molecule has 3 heteroatoms. The first kappa shape index (κ1) is 15.4. The van der Waals surface area contributed by atoms with Crippen LogP contribution in [0.15, 0.2) is 30.3 Å². The SMILES string of the molecule is Cc1ccccc1CCC(=O)NCc1cc(C)n(C)c1C. The Morgan fingerprint density at radius 1 is 1.14 bits per heavy atom. The summed E-state index contributed by atoms with van der Waals surface area (Å²) in [5.41, 5.74) is 6.13. The first-order valence-corrected chi connectivity index (χ1v) is 7.42. The number of aryl methyl sites for hydroxylation is 3. The van der Waals surface area contributed by atoms with Crippen LogP contribution in [-0.4, -0.2) is 10.5 Å². The summed E-state index contributed by atoms with van der Waals surface area (Å²) in [7, 11) is 2.05. The normalized spacial score (nSPS) is 10.7. The van der Waals surface area contributed by atoms with Crippen molar-refractivity contribution in [2.24, 2.45) is 7.05 Å². The van der Waals surface area contributed by atoms with Gasteiger partial charge in [0.15, 0.2) is 0 Å². The van der Waals surface area contributed by atoms with E-state index in [0.29, 0.717) is 13.0 Å². The Morgan fingerprint density at radius 2 is 1.86 bits per heavy atom. The predicted octanol–water partition coefficient (Wildman–Crippen LogP) is 3.20. The molecule has 2 rings (SSSR count). The van der Waals surface area contributed by atoms with Gasteiger partial charge in [-0.1, -0.05) is 24.3 Å². The van der Waals surface area contributed by atoms with Crippen molar-refractivity contribution >= 4 is 5.91 Å². The maximum absolute atomic E-state index is 12.0. The van der Waals surface area contributed by atoms with Gasteiger partial charge in [-0.25, -0.2) is 0 Å². The van der Waals surface area contributed by atoms with Gasteiger partial charge in [0.2, 0.25) is 5.91 Å². The van der Waals surface area contributed by atoms with Crippen molar-refractivity contribution in [1.29, 1.82) is 0 Å². The van der Waals surface area contributed by atoms with Gasteiger partial charge in [0.1, 0.15) is 0 Å². The molecule has 0 bridgehead atoms. The molecule has 1 heterocycles. The zero-order valence-corrected chi connectivity index (χ0v) is 13.4. The number of carbonyl (C=O) groups excluding carboxylic acids is 1. The molecule has 0 aliphatic rings. The molecule has 1 aromatic heterocycles. The van der Waals surface area contributed by atoms with Gasteiger partial charge in [-0.15, -0.1) is 0 Å². The molecule has 0 saturated carbocycles. The third-order valence-corrected chi connectivity index (χ3v) is 4.24. The second-order valence-corrected chi connectivity index (χ2v) is 5.66. The fourth-order valence-corrected chi connectivity index (χ4v) is 2.53. The molecule has 112 valence electrons. The second-order valence-electron chi connectivity index (χ2n) is 5.66. The number of aromatic nitrogens is 1. The Balaban J connectivity index is 1.85. The van der Waals surface area contributed by atoms with E-state index in [4.69, 9.17) is 0 Å². The third kappa shape index (κ3) is 3.75. The van der Waals surface area contributed by atoms with Gasteiger partial charge in [-0.2, -0.15) is 0 Å². The van der Waals surface area contributed by atoms with E-state index < -0.39 is 0 Å². The van der Waals surface area contributed by atoms with Crippen LogP contribution in [-0.2, 0) is 24.8 Å². The molecule has 0 fully saturated rings. The van der Waals surface area contributed by atoms with Crippen molar-refractivity contribution in [1.82, 2.24) is 9.88 Å². The molecule has 3 nitrogen and oxygen atoms in total. The van der Waals surface area contributed by atoms with E-state index in [1.165, 1.54) is 28.1 Å². The molecule has 0 spiro atoms. The molecular formula is C18H24N2O. The van der Waals surface area contributed by atoms with Crippen LogP contribution in [0.3, 0.4) is 0 Å². The number of hydrogen-bond donors (Lipinski definition) is 1. The zero-order valence-electron chi connectivity index (χ0n) is 13.4. The van der Waals surface area contributed by atoms with E-state index >= 15 is 0 Å². The Labute approximate surface area is 127 Å². The average Bonchev–Trinajstić information content (AvgIpc) is 2.71. The molecule has 0 aliphatic carbocycles. The highest BCUT2D eigenvalue weighted by Crippen LogP contribution is 2.13. The smallest absolute Gasteiger partial charge is 0.220 e. The van der Waals surface area contributed by atoms with Crippen molar-refractivity contribution in [3.05, 3.63) is 58.4 Å². The molecular weight excluding hydrogens is 260 g/mol. The highest BCUT2D eigenvalue weighted by Gasteiger charge is 2.08. The Bertz CT molecular complexity index is 641. The Morgan fingerprint density at radius 3 is 2.48 bits per heavy atom. The van der Waals surface area contributed by atoms with Crippen molar-refractivity contribution in [2.75, 3.05) is 0 Å². The maximum Gasteiger partial charge on any atom is 0.220 e. The van der Waals surface area contributed by atoms with Crippen LogP contribution >= 0.6 is 0 Å². The lowest BCUT2D eigenvalue weighted by molar-refractivity contribution is -0.121. The summed E-state index contributed by atoms with van der Waals surface area (Å²) in [4.78, 5) is 12.0. The maximum atomic E-state index is 12.0. The van der Waals surface area contributed by atoms with Crippen LogP contribution in [0, 0.1) is 20.8 Å². The van der Waals surface area contributed by atoms with Gasteiger partial charge in [0, 0.05) is 31.4 Å². The fraction of sp³-hybridized carbons (Fsp3) is 0.389. The largest absolute Gasteiger partial charge is 0.352 e. The van der Waals surface area contributed by atoms with Gasteiger partial charge < -0.3 is 9.88 Å². The molecule has 0 unspecified atom stereocenters. The first-order chi connectivity index (χ1) is 9.99. The number of amides is 1. The van der Waals surface area contributed by atoms with Gasteiger partial charge >= 0.3 is 0 Å². The summed E-state index contributed by atoms with van der Waals surface area (Å²) >= 11 is 0. The molecule has 21 heavy (non-hydrogen) atoms. The summed E-state index contributed by atoms with van der Waals surface area (Å²) in [6.07, 6.45) is 1.33. The quantitative estimate of drug-likeness (QED) is 0.899. The average molecular weight is 284 g/mol. The van der Waals surface area contributed by atoms with E-state index in [9.17, 15) is 4.79 Å². The number of nitrogens with one attached hydrogen (secondary N) is 1. The highest BCUT2D eigenvalue weighted by molar-refractivity contribution is 5.76. The lowest BCUT2D eigenvalue weighted by atomic mass is 10.0. The minimum Gasteiger partial charge on any atom is -0.352 e. The number of benzene rings is 1. The van der Waals surface area contributed by atoms with Crippen LogP contribution in [0.4, 0.5) is 0 Å². The van der Waals surface area contributed by atoms with Crippen LogP contribution < -0.4 is 5.32 Å². The molecule has 0 atom stereocenters. The predicted molar refractivity (Wildman–Crippen MR) is 86.2 cm³/mol. The van der Waals surface area contributed by atoms with E-state index in [0.717, 1.165) is 6.42 Å². The molecule has 1 N–H and O–H groups in total. The number of carbonyl (C=O) groups is 1. The third-order valence-electron chi connectivity index (χ3n) is 4.24. The second kappa shape index (κ2) is 6.61. The summed E-state index contributed by atoms with van der Waals surface area (Å²) in [5, 5.41) is 3.02. The molecule has 0 aliphatic heterocycles. The van der Waals surface area contributed by atoms with Crippen LogP contribution in [0.1, 0.15) is 34.5 Å². The molecule has 2 aromatic rings. The first-order valence-electron chi connectivity index (χ1n) is 7.42. The van der Waals surface area contributed by atoms with Gasteiger partial charge in [0.05, 0.1) is 0 Å². The van der Waals surface area contributed by atoms with E-state index in [2.05, 4.69) is 48.9 Å². The molecule has 0 radical (unpaired) electrons. The summed E-state index contributed by atoms with van der Waals surface area (Å²) in [5.74, 6) is 0.110. The number of nitrogens with zero attached hydrogens (tertiary/aromatic N) is 1. The van der Waals surface area contributed by atoms with E-state index in [1.807, 2.05) is 19.2 Å². The zero-order chi connectivity index (χ0) is 15.4. The van der Waals surface area contributed by atoms with Gasteiger partial charge in [-0.05, 0) is 49.9 Å². The van der Waals surface area contributed by atoms with Crippen LogP contribution in [0.25, 0.3) is 0 Å². The lowest BCUT2D eigenvalue weighted by Gasteiger charge is -2.07. The molecule has 0 saturated heterocycles. The number of rotatable bonds is 5. The molecule has 1 aromatic carbocycles. The summed E-state index contributed by atoms with van der Waals surface area (Å²) < 4.78 is 2.15. The lowest BCUT2D eigenvalue weighted by Crippen LogP contribution is -2.23. The standard InChI is InChI=1S/C18H24N2O/c1-13-7-5-6-8-16(13)9-10-18(21)19-12-17-11-14(2)20(4)15(17)3/h5-8,11H,9-10,12H2,1-4H3,(H,19,21). The molecule has 1 amide bonds. The number of hydrogen-bond acceptors (Lipinski definition) is 1. The van der Waals surface area contributed by atoms with Crippen molar-refractivity contribution in [3.63, 3.8) is 0 Å². The monoisotopic (exact) mass is 284 g/mol. The summed E-state index contributed by atoms with van der Waals surface area (Å²) in [6.45, 7) is 6.86. The van der Waals surface area contributed by atoms with E-state index in [1.54, 1.807) is 0 Å². The van der Waals surface area contributed by atoms with Crippen LogP contribution in [0.5, 0.6) is 0 Å². The van der Waals surface area contributed by atoms with E-state index in [-0.39, 0.29) is 5.91 Å². The topological polar surface area (TPSA) is 34.0 Å². The van der Waals surface area contributed by atoms with Crippen LogP contribution in [0.2, 0.25) is 0 Å².